The first-order chi connectivity index (χ1) is 10.7. The molecule has 0 atom stereocenters. The van der Waals surface area contributed by atoms with Crippen molar-refractivity contribution in [1.29, 1.82) is 0 Å². The van der Waals surface area contributed by atoms with E-state index in [1.807, 2.05) is 23.1 Å². The lowest BCUT2D eigenvalue weighted by atomic mass is 10.1. The molecule has 116 valence electrons. The highest BCUT2D eigenvalue weighted by molar-refractivity contribution is 5.79. The number of phenolic OH excluding ortho intramolecular Hbond substituents is 1. The van der Waals surface area contributed by atoms with Gasteiger partial charge in [-0.3, -0.25) is 9.69 Å². The van der Waals surface area contributed by atoms with Gasteiger partial charge in [0.25, 0.3) is 0 Å². The highest BCUT2D eigenvalue weighted by Gasteiger charge is 2.22. The van der Waals surface area contributed by atoms with Gasteiger partial charge in [0.1, 0.15) is 11.5 Å². The monoisotopic (exact) mass is 300 g/mol. The number of hydrogen-bond donors (Lipinski definition) is 1. The lowest BCUT2D eigenvalue weighted by Crippen LogP contribution is -2.48. The highest BCUT2D eigenvalue weighted by Crippen LogP contribution is 2.17. The Morgan fingerprint density at radius 1 is 1.09 bits per heavy atom. The fourth-order valence-corrected chi connectivity index (χ4v) is 2.71. The summed E-state index contributed by atoms with van der Waals surface area (Å²) in [6.07, 6.45) is 1.94. The molecule has 1 aliphatic rings. The third-order valence-electron chi connectivity index (χ3n) is 4.02. The Hall–Kier alpha value is -2.27. The molecule has 0 bridgehead atoms. The highest BCUT2D eigenvalue weighted by atomic mass is 16.3. The maximum absolute atomic E-state index is 12.3. The molecule has 1 aromatic heterocycles. The Morgan fingerprint density at radius 3 is 2.55 bits per heavy atom. The zero-order valence-electron chi connectivity index (χ0n) is 12.4. The molecule has 0 aliphatic carbocycles. The summed E-state index contributed by atoms with van der Waals surface area (Å²) in [5.41, 5.74) is 0.686. The molecule has 22 heavy (non-hydrogen) atoms. The van der Waals surface area contributed by atoms with E-state index in [0.717, 1.165) is 25.4 Å². The van der Waals surface area contributed by atoms with E-state index in [1.165, 1.54) is 0 Å². The molecular formula is C17H20N2O3. The molecule has 3 rings (SSSR count). The number of hydrogen-bond acceptors (Lipinski definition) is 4. The Labute approximate surface area is 129 Å². The zero-order chi connectivity index (χ0) is 15.4. The number of phenols is 1. The summed E-state index contributed by atoms with van der Waals surface area (Å²) in [5, 5.41) is 9.75. The first kappa shape index (κ1) is 14.7. The molecule has 0 unspecified atom stereocenters. The number of rotatable bonds is 4. The van der Waals surface area contributed by atoms with E-state index in [0.29, 0.717) is 18.7 Å². The van der Waals surface area contributed by atoms with Gasteiger partial charge in [0.2, 0.25) is 5.91 Å². The smallest absolute Gasteiger partial charge is 0.227 e. The van der Waals surface area contributed by atoms with E-state index in [4.69, 9.17) is 4.42 Å². The lowest BCUT2D eigenvalue weighted by molar-refractivity contribution is -0.132. The van der Waals surface area contributed by atoms with Crippen molar-refractivity contribution in [2.75, 3.05) is 26.2 Å². The minimum Gasteiger partial charge on any atom is -0.508 e. The maximum atomic E-state index is 12.3. The molecule has 1 aromatic carbocycles. The summed E-state index contributed by atoms with van der Waals surface area (Å²) >= 11 is 0. The van der Waals surface area contributed by atoms with Crippen LogP contribution in [0.25, 0.3) is 0 Å². The Morgan fingerprint density at radius 2 is 1.86 bits per heavy atom. The fourth-order valence-electron chi connectivity index (χ4n) is 2.71. The van der Waals surface area contributed by atoms with Gasteiger partial charge in [-0.15, -0.1) is 0 Å². The van der Waals surface area contributed by atoms with Crippen LogP contribution in [0.4, 0.5) is 0 Å². The quantitative estimate of drug-likeness (QED) is 0.936. The normalized spacial score (nSPS) is 15.9. The largest absolute Gasteiger partial charge is 0.508 e. The average Bonchev–Trinajstić information content (AvgIpc) is 3.03. The Kier molecular flexibility index (Phi) is 4.44. The van der Waals surface area contributed by atoms with E-state index < -0.39 is 0 Å². The average molecular weight is 300 g/mol. The number of furan rings is 1. The summed E-state index contributed by atoms with van der Waals surface area (Å²) in [4.78, 5) is 16.5. The van der Waals surface area contributed by atoms with E-state index in [9.17, 15) is 9.90 Å². The van der Waals surface area contributed by atoms with Gasteiger partial charge < -0.3 is 14.4 Å². The number of benzene rings is 1. The molecule has 0 radical (unpaired) electrons. The summed E-state index contributed by atoms with van der Waals surface area (Å²) in [6, 6.07) is 10.9. The van der Waals surface area contributed by atoms with Crippen molar-refractivity contribution in [3.05, 3.63) is 54.0 Å². The maximum Gasteiger partial charge on any atom is 0.227 e. The standard InChI is InChI=1S/C17H20N2O3/c20-16-6-2-1-4-14(16)12-17(21)19-9-7-18(8-10-19)13-15-5-3-11-22-15/h1-6,11,20H,7-10,12-13H2. The van der Waals surface area contributed by atoms with E-state index in [1.54, 1.807) is 24.5 Å². The van der Waals surface area contributed by atoms with E-state index >= 15 is 0 Å². The van der Waals surface area contributed by atoms with Crippen molar-refractivity contribution in [2.45, 2.75) is 13.0 Å². The molecule has 1 aliphatic heterocycles. The molecule has 1 amide bonds. The van der Waals surface area contributed by atoms with Gasteiger partial charge in [-0.2, -0.15) is 0 Å². The summed E-state index contributed by atoms with van der Waals surface area (Å²) < 4.78 is 5.35. The number of carbonyl (C=O) groups excluding carboxylic acids is 1. The number of carbonyl (C=O) groups is 1. The van der Waals surface area contributed by atoms with Crippen LogP contribution in [-0.2, 0) is 17.8 Å². The Balaban J connectivity index is 1.50. The van der Waals surface area contributed by atoms with Crippen LogP contribution in [0.2, 0.25) is 0 Å². The minimum atomic E-state index is 0.0687. The molecule has 1 saturated heterocycles. The van der Waals surface area contributed by atoms with E-state index in [-0.39, 0.29) is 18.1 Å². The second-order valence-corrected chi connectivity index (χ2v) is 5.54. The number of amides is 1. The van der Waals surface area contributed by atoms with Crippen LogP contribution in [0, 0.1) is 0 Å². The van der Waals surface area contributed by atoms with Crippen LogP contribution in [-0.4, -0.2) is 47.0 Å². The van der Waals surface area contributed by atoms with Crippen molar-refractivity contribution >= 4 is 5.91 Å². The first-order valence-corrected chi connectivity index (χ1v) is 7.52. The van der Waals surface area contributed by atoms with Crippen LogP contribution in [0.3, 0.4) is 0 Å². The molecule has 1 fully saturated rings. The van der Waals surface area contributed by atoms with Gasteiger partial charge in [-0.05, 0) is 18.2 Å². The Bertz CT molecular complexity index is 617. The van der Waals surface area contributed by atoms with Gasteiger partial charge in [0.05, 0.1) is 19.2 Å². The summed E-state index contributed by atoms with van der Waals surface area (Å²) in [7, 11) is 0. The number of aromatic hydroxyl groups is 1. The SMILES string of the molecule is O=C(Cc1ccccc1O)N1CCN(Cc2ccco2)CC1. The molecule has 1 N–H and O–H groups in total. The van der Waals surface area contributed by atoms with Crippen molar-refractivity contribution in [2.24, 2.45) is 0 Å². The van der Waals surface area contributed by atoms with Gasteiger partial charge in [-0.1, -0.05) is 18.2 Å². The van der Waals surface area contributed by atoms with Crippen LogP contribution < -0.4 is 0 Å². The van der Waals surface area contributed by atoms with Crippen molar-refractivity contribution in [3.8, 4) is 5.75 Å². The van der Waals surface area contributed by atoms with Gasteiger partial charge in [0, 0.05) is 31.7 Å². The van der Waals surface area contributed by atoms with Crippen LogP contribution in [0.1, 0.15) is 11.3 Å². The van der Waals surface area contributed by atoms with Crippen molar-refractivity contribution in [1.82, 2.24) is 9.80 Å². The predicted molar refractivity (Wildman–Crippen MR) is 82.4 cm³/mol. The first-order valence-electron chi connectivity index (χ1n) is 7.52. The molecule has 2 aromatic rings. The molecule has 5 nitrogen and oxygen atoms in total. The molecule has 5 heteroatoms. The summed E-state index contributed by atoms with van der Waals surface area (Å²) in [5.74, 6) is 1.21. The van der Waals surface area contributed by atoms with Crippen LogP contribution in [0.5, 0.6) is 5.75 Å². The third-order valence-corrected chi connectivity index (χ3v) is 4.02. The molecular weight excluding hydrogens is 280 g/mol. The van der Waals surface area contributed by atoms with Gasteiger partial charge in [-0.25, -0.2) is 0 Å². The second kappa shape index (κ2) is 6.66. The number of para-hydroxylation sites is 1. The minimum absolute atomic E-state index is 0.0687. The number of piperazine rings is 1. The zero-order valence-corrected chi connectivity index (χ0v) is 12.4. The predicted octanol–water partition coefficient (Wildman–Crippen LogP) is 1.87. The molecule has 0 saturated carbocycles. The molecule has 2 heterocycles. The van der Waals surface area contributed by atoms with Crippen molar-refractivity contribution < 1.29 is 14.3 Å². The van der Waals surface area contributed by atoms with Crippen LogP contribution in [0.15, 0.2) is 47.1 Å². The van der Waals surface area contributed by atoms with Crippen LogP contribution >= 0.6 is 0 Å². The topological polar surface area (TPSA) is 56.9 Å². The number of nitrogens with zero attached hydrogens (tertiary/aromatic N) is 2. The lowest BCUT2D eigenvalue weighted by Gasteiger charge is -2.34. The fraction of sp³-hybridized carbons (Fsp3) is 0.353. The summed E-state index contributed by atoms with van der Waals surface area (Å²) in [6.45, 7) is 3.90. The van der Waals surface area contributed by atoms with Gasteiger partial charge >= 0.3 is 0 Å². The second-order valence-electron chi connectivity index (χ2n) is 5.54. The van der Waals surface area contributed by atoms with Crippen molar-refractivity contribution in [3.63, 3.8) is 0 Å². The van der Waals surface area contributed by atoms with E-state index in [2.05, 4.69) is 4.90 Å². The third kappa shape index (κ3) is 3.49. The van der Waals surface area contributed by atoms with Gasteiger partial charge in [0.15, 0.2) is 0 Å². The molecule has 0 spiro atoms.